The van der Waals surface area contributed by atoms with E-state index in [0.717, 1.165) is 16.9 Å². The molecule has 0 atom stereocenters. The first kappa shape index (κ1) is 14.1. The number of para-hydroxylation sites is 1. The standard InChI is InChI=1S/C15H19NO2/c1-4-10-16-14(17)9-6-11-18-15-12(2)7-5-8-13(15)3/h1,5,7-8H,6,9-11H2,2-3H3,(H,16,17). The molecule has 0 fully saturated rings. The third-order valence-electron chi connectivity index (χ3n) is 2.59. The molecule has 0 bridgehead atoms. The van der Waals surface area contributed by atoms with Crippen molar-refractivity contribution in [3.63, 3.8) is 0 Å². The van der Waals surface area contributed by atoms with E-state index < -0.39 is 0 Å². The van der Waals surface area contributed by atoms with E-state index in [-0.39, 0.29) is 12.5 Å². The number of benzene rings is 1. The van der Waals surface area contributed by atoms with Crippen LogP contribution in [0.3, 0.4) is 0 Å². The topological polar surface area (TPSA) is 38.3 Å². The smallest absolute Gasteiger partial charge is 0.220 e. The van der Waals surface area contributed by atoms with E-state index in [9.17, 15) is 4.79 Å². The van der Waals surface area contributed by atoms with E-state index in [0.29, 0.717) is 19.4 Å². The minimum Gasteiger partial charge on any atom is -0.493 e. The molecule has 1 aromatic carbocycles. The van der Waals surface area contributed by atoms with Crippen LogP contribution in [0, 0.1) is 26.2 Å². The molecule has 0 saturated carbocycles. The van der Waals surface area contributed by atoms with Crippen molar-refractivity contribution in [1.29, 1.82) is 0 Å². The number of terminal acetylenes is 1. The van der Waals surface area contributed by atoms with Crippen molar-refractivity contribution in [1.82, 2.24) is 5.32 Å². The zero-order valence-corrected chi connectivity index (χ0v) is 11.0. The molecule has 0 heterocycles. The van der Waals surface area contributed by atoms with Crippen molar-refractivity contribution in [2.45, 2.75) is 26.7 Å². The molecule has 0 aliphatic rings. The molecule has 1 rings (SSSR count). The molecule has 0 aliphatic heterocycles. The molecule has 3 nitrogen and oxygen atoms in total. The lowest BCUT2D eigenvalue weighted by atomic mass is 10.1. The van der Waals surface area contributed by atoms with E-state index in [2.05, 4.69) is 11.2 Å². The summed E-state index contributed by atoms with van der Waals surface area (Å²) in [6.45, 7) is 4.86. The summed E-state index contributed by atoms with van der Waals surface area (Å²) < 4.78 is 5.70. The third kappa shape index (κ3) is 4.50. The number of aryl methyl sites for hydroxylation is 2. The van der Waals surface area contributed by atoms with Crippen molar-refractivity contribution < 1.29 is 9.53 Å². The average molecular weight is 245 g/mol. The highest BCUT2D eigenvalue weighted by Gasteiger charge is 2.04. The Morgan fingerprint density at radius 2 is 2.06 bits per heavy atom. The highest BCUT2D eigenvalue weighted by Crippen LogP contribution is 2.22. The minimum atomic E-state index is -0.0296. The molecule has 18 heavy (non-hydrogen) atoms. The second-order valence-corrected chi connectivity index (χ2v) is 4.15. The Labute approximate surface area is 109 Å². The first-order valence-electron chi connectivity index (χ1n) is 6.04. The fourth-order valence-corrected chi connectivity index (χ4v) is 1.67. The molecule has 1 amide bonds. The number of rotatable bonds is 6. The fraction of sp³-hybridized carbons (Fsp3) is 0.400. The van der Waals surface area contributed by atoms with Crippen molar-refractivity contribution in [3.8, 4) is 18.1 Å². The molecule has 0 aliphatic carbocycles. The van der Waals surface area contributed by atoms with Crippen LogP contribution in [0.5, 0.6) is 5.75 Å². The van der Waals surface area contributed by atoms with Gasteiger partial charge in [0.05, 0.1) is 13.2 Å². The second kappa shape index (κ2) is 7.39. The number of hydrogen-bond acceptors (Lipinski definition) is 2. The first-order valence-corrected chi connectivity index (χ1v) is 6.04. The summed E-state index contributed by atoms with van der Waals surface area (Å²) in [6.07, 6.45) is 6.17. The van der Waals surface area contributed by atoms with Gasteiger partial charge in [-0.15, -0.1) is 6.42 Å². The summed E-state index contributed by atoms with van der Waals surface area (Å²) in [4.78, 5) is 11.3. The summed E-state index contributed by atoms with van der Waals surface area (Å²) in [5, 5.41) is 2.62. The summed E-state index contributed by atoms with van der Waals surface area (Å²) in [7, 11) is 0. The Hall–Kier alpha value is -1.95. The SMILES string of the molecule is C#CCNC(=O)CCCOc1c(C)cccc1C. The van der Waals surface area contributed by atoms with E-state index >= 15 is 0 Å². The molecule has 0 aromatic heterocycles. The van der Waals surface area contributed by atoms with Crippen molar-refractivity contribution in [2.75, 3.05) is 13.2 Å². The highest BCUT2D eigenvalue weighted by atomic mass is 16.5. The first-order chi connectivity index (χ1) is 8.65. The Balaban J connectivity index is 2.30. The van der Waals surface area contributed by atoms with Crippen molar-refractivity contribution in [3.05, 3.63) is 29.3 Å². The molecule has 0 radical (unpaired) electrons. The molecule has 96 valence electrons. The van der Waals surface area contributed by atoms with Crippen LogP contribution in [-0.2, 0) is 4.79 Å². The van der Waals surface area contributed by atoms with Crippen LogP contribution >= 0.6 is 0 Å². The lowest BCUT2D eigenvalue weighted by molar-refractivity contribution is -0.121. The summed E-state index contributed by atoms with van der Waals surface area (Å²) >= 11 is 0. The summed E-state index contributed by atoms with van der Waals surface area (Å²) in [5.41, 5.74) is 2.23. The van der Waals surface area contributed by atoms with E-state index in [1.54, 1.807) is 0 Å². The number of nitrogens with one attached hydrogen (secondary N) is 1. The molecule has 1 aromatic rings. The van der Waals surface area contributed by atoms with Crippen LogP contribution in [0.4, 0.5) is 0 Å². The van der Waals surface area contributed by atoms with Gasteiger partial charge in [-0.25, -0.2) is 0 Å². The van der Waals surface area contributed by atoms with Crippen molar-refractivity contribution >= 4 is 5.91 Å². The molecule has 0 unspecified atom stereocenters. The van der Waals surface area contributed by atoms with Gasteiger partial charge in [-0.05, 0) is 31.4 Å². The largest absolute Gasteiger partial charge is 0.493 e. The zero-order chi connectivity index (χ0) is 13.4. The van der Waals surface area contributed by atoms with Gasteiger partial charge in [-0.1, -0.05) is 24.1 Å². The fourth-order valence-electron chi connectivity index (χ4n) is 1.67. The quantitative estimate of drug-likeness (QED) is 0.616. The van der Waals surface area contributed by atoms with Gasteiger partial charge in [0.2, 0.25) is 5.91 Å². The number of carbonyl (C=O) groups is 1. The predicted octanol–water partition coefficient (Wildman–Crippen LogP) is 2.21. The monoisotopic (exact) mass is 245 g/mol. The van der Waals surface area contributed by atoms with Gasteiger partial charge in [0.15, 0.2) is 0 Å². The second-order valence-electron chi connectivity index (χ2n) is 4.15. The molecule has 3 heteroatoms. The van der Waals surface area contributed by atoms with Crippen LogP contribution in [0.15, 0.2) is 18.2 Å². The number of amides is 1. The lowest BCUT2D eigenvalue weighted by Crippen LogP contribution is -2.23. The Kier molecular flexibility index (Phi) is 5.79. The molecule has 0 saturated heterocycles. The van der Waals surface area contributed by atoms with E-state index in [1.807, 2.05) is 32.0 Å². The van der Waals surface area contributed by atoms with Crippen LogP contribution in [0.2, 0.25) is 0 Å². The van der Waals surface area contributed by atoms with Gasteiger partial charge in [0.1, 0.15) is 5.75 Å². The van der Waals surface area contributed by atoms with Gasteiger partial charge in [0, 0.05) is 6.42 Å². The summed E-state index contributed by atoms with van der Waals surface area (Å²) in [6, 6.07) is 6.04. The molecule has 0 spiro atoms. The minimum absolute atomic E-state index is 0.0296. The predicted molar refractivity (Wildman–Crippen MR) is 72.5 cm³/mol. The number of ether oxygens (including phenoxy) is 1. The van der Waals surface area contributed by atoms with Gasteiger partial charge >= 0.3 is 0 Å². The third-order valence-corrected chi connectivity index (χ3v) is 2.59. The van der Waals surface area contributed by atoms with Gasteiger partial charge < -0.3 is 10.1 Å². The molecule has 1 N–H and O–H groups in total. The number of carbonyl (C=O) groups excluding carboxylic acids is 1. The van der Waals surface area contributed by atoms with Crippen LogP contribution in [0.1, 0.15) is 24.0 Å². The van der Waals surface area contributed by atoms with Crippen LogP contribution < -0.4 is 10.1 Å². The zero-order valence-electron chi connectivity index (χ0n) is 11.0. The maximum Gasteiger partial charge on any atom is 0.220 e. The van der Waals surface area contributed by atoms with Crippen LogP contribution in [0.25, 0.3) is 0 Å². The van der Waals surface area contributed by atoms with Gasteiger partial charge in [-0.3, -0.25) is 4.79 Å². The Bertz CT molecular complexity index is 426. The molecular formula is C15H19NO2. The maximum atomic E-state index is 11.3. The maximum absolute atomic E-state index is 11.3. The highest BCUT2D eigenvalue weighted by molar-refractivity contribution is 5.76. The average Bonchev–Trinajstić information content (AvgIpc) is 2.35. The number of hydrogen-bond donors (Lipinski definition) is 1. The van der Waals surface area contributed by atoms with Gasteiger partial charge in [-0.2, -0.15) is 0 Å². The van der Waals surface area contributed by atoms with E-state index in [4.69, 9.17) is 11.2 Å². The van der Waals surface area contributed by atoms with Crippen LogP contribution in [-0.4, -0.2) is 19.1 Å². The summed E-state index contributed by atoms with van der Waals surface area (Å²) in [5.74, 6) is 3.26. The van der Waals surface area contributed by atoms with Gasteiger partial charge in [0.25, 0.3) is 0 Å². The van der Waals surface area contributed by atoms with E-state index in [1.165, 1.54) is 0 Å². The van der Waals surface area contributed by atoms with Crippen molar-refractivity contribution in [2.24, 2.45) is 0 Å². The lowest BCUT2D eigenvalue weighted by Gasteiger charge is -2.11. The Morgan fingerprint density at radius 3 is 2.67 bits per heavy atom. The Morgan fingerprint density at radius 1 is 1.39 bits per heavy atom. The normalized spacial score (nSPS) is 9.61. The molecular weight excluding hydrogens is 226 g/mol.